The third kappa shape index (κ3) is 3.51. The lowest BCUT2D eigenvalue weighted by Gasteiger charge is -2.40. The predicted molar refractivity (Wildman–Crippen MR) is 163 cm³/mol. The monoisotopic (exact) mass is 518 g/mol. The van der Waals surface area contributed by atoms with Crippen LogP contribution in [0.1, 0.15) is 28.8 Å². The second kappa shape index (κ2) is 8.78. The van der Waals surface area contributed by atoms with Crippen LogP contribution in [-0.4, -0.2) is 6.71 Å². The SMILES string of the molecule is [2H]c1c([2H])c([2H])c(-c2c([2H])c(-c3c([2H])c([2H])c([2H])c([2H])c3[2H])c([2H])c(N3c4cccc5c4B(c4c([2H])c([2H])c([2H])c([2H])c4O5)c4c([2H])c([2H])c([2H])c([2H])c43)c2[2H])c([2H])c1[2H]. The summed E-state index contributed by atoms with van der Waals surface area (Å²) in [5.41, 5.74) is -4.57. The van der Waals surface area contributed by atoms with Gasteiger partial charge in [-0.25, -0.2) is 0 Å². The van der Waals surface area contributed by atoms with Crippen LogP contribution in [0.5, 0.6) is 11.5 Å². The Morgan fingerprint density at radius 2 is 1.15 bits per heavy atom. The highest BCUT2D eigenvalue weighted by atomic mass is 16.5. The van der Waals surface area contributed by atoms with Crippen LogP contribution in [0.2, 0.25) is 0 Å². The van der Waals surface area contributed by atoms with Gasteiger partial charge in [0.25, 0.3) is 6.71 Å². The molecule has 0 bridgehead atoms. The Hall–Kier alpha value is -5.02. The summed E-state index contributed by atoms with van der Waals surface area (Å²) >= 11 is 0. The van der Waals surface area contributed by atoms with Crippen LogP contribution in [0, 0.1) is 0 Å². The van der Waals surface area contributed by atoms with Crippen LogP contribution < -0.4 is 26.0 Å². The Morgan fingerprint density at radius 1 is 0.538 bits per heavy atom. The fourth-order valence-corrected chi connectivity index (χ4v) is 4.86. The van der Waals surface area contributed by atoms with Gasteiger partial charge in [-0.3, -0.25) is 0 Å². The van der Waals surface area contributed by atoms with Crippen molar-refractivity contribution in [1.82, 2.24) is 0 Å². The average Bonchev–Trinajstić information content (AvgIpc) is 3.22. The minimum Gasteiger partial charge on any atom is -0.458 e. The van der Waals surface area contributed by atoms with Crippen LogP contribution in [0.4, 0.5) is 17.1 Å². The maximum absolute atomic E-state index is 9.73. The van der Waals surface area contributed by atoms with Crippen LogP contribution >= 0.6 is 0 Å². The summed E-state index contributed by atoms with van der Waals surface area (Å²) in [6.07, 6.45) is 0. The first kappa shape index (κ1) is 9.62. The summed E-state index contributed by atoms with van der Waals surface area (Å²) in [5, 5.41) is 0. The predicted octanol–water partition coefficient (Wildman–Crippen LogP) is 7.43. The molecule has 0 atom stereocenters. The van der Waals surface area contributed by atoms with E-state index in [0.717, 1.165) is 4.90 Å². The summed E-state index contributed by atoms with van der Waals surface area (Å²) in [4.78, 5) is 1.03. The molecular formula is C36H24BNO. The van der Waals surface area contributed by atoms with E-state index in [9.17, 15) is 6.85 Å². The van der Waals surface area contributed by atoms with Gasteiger partial charge in [-0.15, -0.1) is 0 Å². The highest BCUT2D eigenvalue weighted by Crippen LogP contribution is 2.42. The van der Waals surface area contributed by atoms with Crippen molar-refractivity contribution in [3.05, 3.63) is 145 Å². The average molecular weight is 519 g/mol. The molecule has 0 aliphatic carbocycles. The van der Waals surface area contributed by atoms with E-state index in [1.807, 2.05) is 0 Å². The van der Waals surface area contributed by atoms with Crippen molar-refractivity contribution in [2.24, 2.45) is 0 Å². The first-order valence-electron chi connectivity index (χ1n) is 22.2. The number of ether oxygens (including phenoxy) is 1. The molecule has 0 N–H and O–H groups in total. The number of fused-ring (bicyclic) bond motifs is 4. The Balaban J connectivity index is 1.62. The van der Waals surface area contributed by atoms with Gasteiger partial charge in [0.15, 0.2) is 0 Å². The van der Waals surface area contributed by atoms with E-state index in [0.29, 0.717) is 0 Å². The quantitative estimate of drug-likeness (QED) is 0.226. The lowest BCUT2D eigenvalue weighted by Crippen LogP contribution is -2.59. The fraction of sp³-hybridized carbons (Fsp3) is 0. The summed E-state index contributed by atoms with van der Waals surface area (Å²) in [5.74, 6) is -0.375. The van der Waals surface area contributed by atoms with Crippen LogP contribution in [-0.2, 0) is 0 Å². The molecule has 2 aliphatic rings. The zero-order chi connectivity index (χ0) is 44.0. The summed E-state index contributed by atoms with van der Waals surface area (Å²) in [6, 6.07) is -12.7. The fourth-order valence-electron chi connectivity index (χ4n) is 4.86. The molecule has 2 heterocycles. The van der Waals surface area contributed by atoms with E-state index in [-0.39, 0.29) is 33.6 Å². The van der Waals surface area contributed by atoms with E-state index in [1.54, 1.807) is 0 Å². The van der Waals surface area contributed by atoms with Crippen molar-refractivity contribution in [2.45, 2.75) is 0 Å². The lowest BCUT2D eigenvalue weighted by atomic mass is 9.34. The largest absolute Gasteiger partial charge is 0.458 e. The minimum absolute atomic E-state index is 0.0510. The van der Waals surface area contributed by atoms with E-state index < -0.39 is 167 Å². The first-order chi connectivity index (χ1) is 28.1. The maximum Gasteiger partial charge on any atom is 0.256 e. The van der Waals surface area contributed by atoms with Gasteiger partial charge in [0.05, 0.1) is 28.8 Å². The molecule has 0 saturated heterocycles. The van der Waals surface area contributed by atoms with Crippen molar-refractivity contribution in [2.75, 3.05) is 4.90 Å². The summed E-state index contributed by atoms with van der Waals surface area (Å²) < 4.78 is 191. The molecule has 2 nitrogen and oxygen atoms in total. The molecule has 39 heavy (non-hydrogen) atoms. The van der Waals surface area contributed by atoms with Gasteiger partial charge in [-0.2, -0.15) is 0 Å². The van der Waals surface area contributed by atoms with Crippen molar-refractivity contribution in [3.8, 4) is 33.8 Å². The molecule has 0 saturated carbocycles. The van der Waals surface area contributed by atoms with Gasteiger partial charge in [0.2, 0.25) is 0 Å². The van der Waals surface area contributed by atoms with E-state index in [4.69, 9.17) is 26.7 Å². The molecule has 6 aromatic carbocycles. The Bertz CT molecular complexity index is 2850. The minimum atomic E-state index is -1.39. The molecular weight excluding hydrogens is 473 g/mol. The van der Waals surface area contributed by atoms with Gasteiger partial charge in [-0.1, -0.05) is 103 Å². The molecule has 0 aromatic heterocycles. The van der Waals surface area contributed by atoms with Gasteiger partial charge in [0.1, 0.15) is 11.5 Å². The molecule has 8 rings (SSSR count). The molecule has 3 heteroatoms. The normalized spacial score (nSPS) is 20.3. The Kier molecular flexibility index (Phi) is 2.17. The number of benzene rings is 6. The number of anilines is 3. The molecule has 0 spiro atoms. The number of rotatable bonds is 3. The topological polar surface area (TPSA) is 12.5 Å². The van der Waals surface area contributed by atoms with E-state index in [2.05, 4.69) is 0 Å². The van der Waals surface area contributed by atoms with Gasteiger partial charge >= 0.3 is 0 Å². The Morgan fingerprint density at radius 3 is 1.87 bits per heavy atom. The smallest absolute Gasteiger partial charge is 0.256 e. The number of hydrogen-bond acceptors (Lipinski definition) is 2. The van der Waals surface area contributed by atoms with Gasteiger partial charge in [-0.05, 0) is 81.0 Å². The molecule has 0 amide bonds. The molecule has 0 unspecified atom stereocenters. The lowest BCUT2D eigenvalue weighted by molar-refractivity contribution is 0.487. The third-order valence-corrected chi connectivity index (χ3v) is 6.42. The van der Waals surface area contributed by atoms with Crippen LogP contribution in [0.3, 0.4) is 0 Å². The van der Waals surface area contributed by atoms with Crippen molar-refractivity contribution in [1.29, 1.82) is 0 Å². The molecule has 0 fully saturated rings. The number of nitrogens with zero attached hydrogens (tertiary/aromatic N) is 1. The van der Waals surface area contributed by atoms with Gasteiger partial charge in [0, 0.05) is 17.1 Å². The van der Waals surface area contributed by atoms with E-state index >= 15 is 0 Å². The van der Waals surface area contributed by atoms with Crippen molar-refractivity contribution < 1.29 is 33.5 Å². The zero-order valence-electron chi connectivity index (χ0n) is 40.7. The van der Waals surface area contributed by atoms with E-state index in [1.165, 1.54) is 18.2 Å². The standard InChI is InChI=1S/C36H24BNO/c1-3-12-25(13-4-1)27-22-28(26-14-5-2-6-15-26)24-29(23-27)38-32-18-9-7-16-30(32)37-31-17-8-10-20-34(31)39-35-21-11-19-33(38)36(35)37/h1-24H/i1D,2D,3D,4D,5D,6D,7D,8D,9D,10D,12D,13D,14D,15D,16D,17D,18D,20D,22D,23D,24D. The molecule has 182 valence electrons. The highest BCUT2D eigenvalue weighted by Gasteiger charge is 2.41. The second-order valence-corrected chi connectivity index (χ2v) is 8.54. The van der Waals surface area contributed by atoms with Gasteiger partial charge < -0.3 is 9.64 Å². The number of hydrogen-bond donors (Lipinski definition) is 0. The molecule has 2 aliphatic heterocycles. The summed E-state index contributed by atoms with van der Waals surface area (Å²) in [6.45, 7) is -1.39. The highest BCUT2D eigenvalue weighted by molar-refractivity contribution is 6.99. The van der Waals surface area contributed by atoms with Crippen LogP contribution in [0.15, 0.2) is 145 Å². The molecule has 0 radical (unpaired) electrons. The summed E-state index contributed by atoms with van der Waals surface area (Å²) in [7, 11) is 0. The maximum atomic E-state index is 9.73. The van der Waals surface area contributed by atoms with Crippen LogP contribution in [0.25, 0.3) is 22.3 Å². The van der Waals surface area contributed by atoms with Crippen molar-refractivity contribution >= 4 is 40.2 Å². The Labute approximate surface area is 258 Å². The third-order valence-electron chi connectivity index (χ3n) is 6.42. The first-order valence-corrected chi connectivity index (χ1v) is 11.7. The van der Waals surface area contributed by atoms with Crippen molar-refractivity contribution in [3.63, 3.8) is 0 Å². The molecule has 6 aromatic rings. The number of para-hydroxylation sites is 2. The second-order valence-electron chi connectivity index (χ2n) is 8.54. The zero-order valence-corrected chi connectivity index (χ0v) is 19.7.